The Kier molecular flexibility index (Phi) is 7.33. The Hall–Kier alpha value is -6.38. The van der Waals surface area contributed by atoms with Crippen molar-refractivity contribution < 1.29 is 0 Å². The lowest BCUT2D eigenvalue weighted by Crippen LogP contribution is -2.17. The summed E-state index contributed by atoms with van der Waals surface area (Å²) in [5.41, 5.74) is 16.5. The van der Waals surface area contributed by atoms with Gasteiger partial charge in [0.1, 0.15) is 0 Å². The van der Waals surface area contributed by atoms with Crippen LogP contribution in [0.25, 0.3) is 49.7 Å². The van der Waals surface area contributed by atoms with Crippen LogP contribution in [0.1, 0.15) is 37.3 Å². The zero-order valence-corrected chi connectivity index (χ0v) is 30.1. The summed E-state index contributed by atoms with van der Waals surface area (Å²) in [5, 5.41) is 2.52. The number of aromatic nitrogens is 1. The number of hydrogen-bond acceptors (Lipinski definition) is 1. The smallest absolute Gasteiger partial charge is 0.0541 e. The van der Waals surface area contributed by atoms with Crippen molar-refractivity contribution in [3.05, 3.63) is 205 Å². The van der Waals surface area contributed by atoms with Gasteiger partial charge in [-0.15, -0.1) is 0 Å². The number of allylic oxidation sites excluding steroid dienone is 4. The van der Waals surface area contributed by atoms with Gasteiger partial charge in [-0.25, -0.2) is 0 Å². The molecule has 0 saturated carbocycles. The average Bonchev–Trinajstić information content (AvgIpc) is 3.67. The van der Waals surface area contributed by atoms with Crippen molar-refractivity contribution in [2.75, 3.05) is 4.90 Å². The number of fused-ring (bicyclic) bond motifs is 6. The Morgan fingerprint density at radius 2 is 1.09 bits per heavy atom. The van der Waals surface area contributed by atoms with E-state index in [2.05, 4.69) is 211 Å². The summed E-state index contributed by atoms with van der Waals surface area (Å²) in [6, 6.07) is 62.1. The molecule has 7 aromatic carbocycles. The number of anilines is 3. The van der Waals surface area contributed by atoms with E-state index in [1.54, 1.807) is 5.57 Å². The van der Waals surface area contributed by atoms with Crippen molar-refractivity contribution in [3.63, 3.8) is 0 Å². The molecule has 2 nitrogen and oxygen atoms in total. The molecule has 53 heavy (non-hydrogen) atoms. The Bertz CT molecular complexity index is 2690. The van der Waals surface area contributed by atoms with Gasteiger partial charge in [0.25, 0.3) is 0 Å². The molecule has 8 aromatic rings. The first-order chi connectivity index (χ1) is 26.0. The normalized spacial score (nSPS) is 15.7. The van der Waals surface area contributed by atoms with Crippen LogP contribution in [-0.2, 0) is 5.41 Å². The fraction of sp³-hybridized carbons (Fsp3) is 0.0980. The van der Waals surface area contributed by atoms with Gasteiger partial charge in [0.2, 0.25) is 0 Å². The lowest BCUT2D eigenvalue weighted by atomic mass is 9.79. The summed E-state index contributed by atoms with van der Waals surface area (Å²) in [5.74, 6) is 0.484. The zero-order chi connectivity index (χ0) is 35.5. The molecule has 1 aromatic heterocycles. The van der Waals surface area contributed by atoms with Crippen LogP contribution in [0, 0.1) is 0 Å². The van der Waals surface area contributed by atoms with E-state index < -0.39 is 0 Å². The summed E-state index contributed by atoms with van der Waals surface area (Å²) >= 11 is 0. The van der Waals surface area contributed by atoms with E-state index >= 15 is 0 Å². The van der Waals surface area contributed by atoms with Crippen molar-refractivity contribution in [3.8, 4) is 27.9 Å². The van der Waals surface area contributed by atoms with Gasteiger partial charge in [-0.1, -0.05) is 141 Å². The van der Waals surface area contributed by atoms with Gasteiger partial charge < -0.3 is 9.47 Å². The molecule has 2 aliphatic carbocycles. The molecule has 0 amide bonds. The van der Waals surface area contributed by atoms with Gasteiger partial charge in [-0.05, 0) is 107 Å². The van der Waals surface area contributed by atoms with Crippen LogP contribution in [-0.4, -0.2) is 4.57 Å². The minimum Gasteiger partial charge on any atom is -0.311 e. The van der Waals surface area contributed by atoms with Gasteiger partial charge in [0, 0.05) is 44.9 Å². The topological polar surface area (TPSA) is 8.17 Å². The van der Waals surface area contributed by atoms with Gasteiger partial charge in [-0.2, -0.15) is 0 Å². The number of hydrogen-bond donors (Lipinski definition) is 0. The highest BCUT2D eigenvalue weighted by atomic mass is 15.1. The molecular weight excluding hydrogens is 641 g/mol. The maximum absolute atomic E-state index is 2.45. The summed E-state index contributed by atoms with van der Waals surface area (Å²) in [4.78, 5) is 2.35. The van der Waals surface area contributed by atoms with E-state index in [0.717, 1.165) is 23.5 Å². The Balaban J connectivity index is 0.988. The number of rotatable bonds is 6. The second kappa shape index (κ2) is 12.4. The highest BCUT2D eigenvalue weighted by molar-refractivity contribution is 6.10. The van der Waals surface area contributed by atoms with E-state index in [-0.39, 0.29) is 5.41 Å². The SMILES string of the molecule is CC1(C)C2=CC=CCC2c2cc(-c3ccc(N(c4ccccc4)c4ccc(-c5ccc6c(c5)c5ccccc5n6-c5ccccc5)cc4)cc3)ccc21. The first kappa shape index (κ1) is 31.4. The molecule has 2 heteroatoms. The maximum atomic E-state index is 2.45. The molecule has 0 radical (unpaired) electrons. The van der Waals surface area contributed by atoms with Crippen LogP contribution < -0.4 is 4.90 Å². The molecule has 10 rings (SSSR count). The number of benzene rings is 7. The zero-order valence-electron chi connectivity index (χ0n) is 30.1. The third-order valence-electron chi connectivity index (χ3n) is 11.6. The standard InChI is InChI=1S/C51H40N2/c1-51(2)47-19-11-9-17-43(47)45-33-37(25-31-48(45)51)35-21-27-41(28-22-35)52(39-13-5-3-6-14-39)42-29-23-36(24-30-42)38-26-32-50-46(34-38)44-18-10-12-20-49(44)53(50)40-15-7-4-8-16-40/h3-16,18-34,43H,17H2,1-2H3. The first-order valence-corrected chi connectivity index (χ1v) is 18.7. The predicted molar refractivity (Wildman–Crippen MR) is 224 cm³/mol. The molecule has 0 N–H and O–H groups in total. The van der Waals surface area contributed by atoms with Gasteiger partial charge in [-0.3, -0.25) is 0 Å². The number of nitrogens with zero attached hydrogens (tertiary/aromatic N) is 2. The average molecular weight is 681 g/mol. The quantitative estimate of drug-likeness (QED) is 0.170. The Morgan fingerprint density at radius 3 is 1.81 bits per heavy atom. The van der Waals surface area contributed by atoms with E-state index in [1.807, 2.05) is 0 Å². The molecule has 0 aliphatic heterocycles. The van der Waals surface area contributed by atoms with E-state index in [0.29, 0.717) is 5.92 Å². The van der Waals surface area contributed by atoms with Crippen molar-refractivity contribution in [1.82, 2.24) is 4.57 Å². The molecule has 1 unspecified atom stereocenters. The minimum atomic E-state index is 0.0778. The second-order valence-corrected chi connectivity index (χ2v) is 15.0. The molecule has 1 heterocycles. The second-order valence-electron chi connectivity index (χ2n) is 15.0. The molecule has 0 bridgehead atoms. The van der Waals surface area contributed by atoms with Crippen LogP contribution in [0.3, 0.4) is 0 Å². The molecular formula is C51H40N2. The van der Waals surface area contributed by atoms with Crippen molar-refractivity contribution in [1.29, 1.82) is 0 Å². The van der Waals surface area contributed by atoms with Crippen LogP contribution in [0.4, 0.5) is 17.1 Å². The van der Waals surface area contributed by atoms with Crippen LogP contribution in [0.2, 0.25) is 0 Å². The largest absolute Gasteiger partial charge is 0.311 e. The van der Waals surface area contributed by atoms with Crippen molar-refractivity contribution >= 4 is 38.9 Å². The highest BCUT2D eigenvalue weighted by Gasteiger charge is 2.41. The third kappa shape index (κ3) is 5.17. The van der Waals surface area contributed by atoms with E-state index in [4.69, 9.17) is 0 Å². The molecule has 254 valence electrons. The van der Waals surface area contributed by atoms with E-state index in [1.165, 1.54) is 60.9 Å². The fourth-order valence-corrected chi connectivity index (χ4v) is 8.96. The molecule has 0 fully saturated rings. The van der Waals surface area contributed by atoms with Gasteiger partial charge in [0.05, 0.1) is 11.0 Å². The fourth-order valence-electron chi connectivity index (χ4n) is 8.96. The lowest BCUT2D eigenvalue weighted by molar-refractivity contribution is 0.612. The highest BCUT2D eigenvalue weighted by Crippen LogP contribution is 2.53. The molecule has 1 atom stereocenters. The lowest BCUT2D eigenvalue weighted by Gasteiger charge is -2.26. The van der Waals surface area contributed by atoms with Crippen LogP contribution in [0.5, 0.6) is 0 Å². The number of para-hydroxylation sites is 3. The van der Waals surface area contributed by atoms with Crippen molar-refractivity contribution in [2.24, 2.45) is 0 Å². The van der Waals surface area contributed by atoms with Gasteiger partial charge >= 0.3 is 0 Å². The van der Waals surface area contributed by atoms with Crippen molar-refractivity contribution in [2.45, 2.75) is 31.6 Å². The van der Waals surface area contributed by atoms with Gasteiger partial charge in [0.15, 0.2) is 0 Å². The molecule has 2 aliphatic rings. The Morgan fingerprint density at radius 1 is 0.528 bits per heavy atom. The van der Waals surface area contributed by atoms with Crippen LogP contribution >= 0.6 is 0 Å². The first-order valence-electron chi connectivity index (χ1n) is 18.7. The predicted octanol–water partition coefficient (Wildman–Crippen LogP) is 13.8. The summed E-state index contributed by atoms with van der Waals surface area (Å²) in [7, 11) is 0. The van der Waals surface area contributed by atoms with E-state index in [9.17, 15) is 0 Å². The summed E-state index contributed by atoms with van der Waals surface area (Å²) in [6.07, 6.45) is 7.98. The summed E-state index contributed by atoms with van der Waals surface area (Å²) in [6.45, 7) is 4.75. The molecule has 0 saturated heterocycles. The molecule has 0 spiro atoms. The van der Waals surface area contributed by atoms with Crippen LogP contribution in [0.15, 0.2) is 194 Å². The third-order valence-corrected chi connectivity index (χ3v) is 11.6. The maximum Gasteiger partial charge on any atom is 0.0541 e. The Labute approximate surface area is 311 Å². The minimum absolute atomic E-state index is 0.0778. The summed E-state index contributed by atoms with van der Waals surface area (Å²) < 4.78 is 2.37. The monoisotopic (exact) mass is 680 g/mol.